The van der Waals surface area contributed by atoms with E-state index in [2.05, 4.69) is 42.5 Å². The average Bonchev–Trinajstić information content (AvgIpc) is 2.87. The number of furan rings is 1. The maximum atomic E-state index is 7.00. The number of hydrogen-bond acceptors (Lipinski definition) is 3. The van der Waals surface area contributed by atoms with Crippen molar-refractivity contribution in [3.63, 3.8) is 0 Å². The van der Waals surface area contributed by atoms with E-state index in [0.29, 0.717) is 0 Å². The van der Waals surface area contributed by atoms with E-state index in [4.69, 9.17) is 14.5 Å². The smallest absolute Gasteiger partial charge is 0.455 e. The highest BCUT2D eigenvalue weighted by molar-refractivity contribution is 6.14. The topological polar surface area (TPSA) is 53.6 Å². The van der Waals surface area contributed by atoms with Crippen LogP contribution in [0.15, 0.2) is 65.1 Å². The monoisotopic (exact) mass is 263 g/mol. The van der Waals surface area contributed by atoms with Gasteiger partial charge in [-0.05, 0) is 17.5 Å². The van der Waals surface area contributed by atoms with E-state index >= 15 is 0 Å². The fourth-order valence-electron chi connectivity index (χ4n) is 2.45. The zero-order chi connectivity index (χ0) is 13.9. The van der Waals surface area contributed by atoms with Gasteiger partial charge >= 0.3 is 7.69 Å². The predicted octanol–water partition coefficient (Wildman–Crippen LogP) is 3.24. The Balaban J connectivity index is 0.000000373. The molecule has 0 spiro atoms. The van der Waals surface area contributed by atoms with Crippen molar-refractivity contribution in [1.82, 2.24) is 0 Å². The fraction of sp³-hybridized carbons (Fsp3) is 0. The summed E-state index contributed by atoms with van der Waals surface area (Å²) < 4.78 is 5.97. The molecule has 0 aliphatic carbocycles. The summed E-state index contributed by atoms with van der Waals surface area (Å²) in [5.41, 5.74) is 1.95. The number of rotatable bonds is 0. The summed E-state index contributed by atoms with van der Waals surface area (Å²) in [6.45, 7) is 0. The molecule has 1 aromatic heterocycles. The molecule has 0 saturated heterocycles. The van der Waals surface area contributed by atoms with Crippen LogP contribution in [0.3, 0.4) is 0 Å². The minimum Gasteiger partial charge on any atom is -0.455 e. The van der Waals surface area contributed by atoms with Crippen LogP contribution in [0.1, 0.15) is 0 Å². The molecule has 0 saturated carbocycles. The average molecular weight is 263 g/mol. The lowest BCUT2D eigenvalue weighted by Crippen LogP contribution is -1.75. The van der Waals surface area contributed by atoms with Crippen LogP contribution in [-0.2, 0) is 0 Å². The summed E-state index contributed by atoms with van der Waals surface area (Å²) in [5.74, 6) is 0. The minimum absolute atomic E-state index is 0. The molecule has 0 unspecified atom stereocenters. The van der Waals surface area contributed by atoms with Crippen molar-refractivity contribution in [2.45, 2.75) is 0 Å². The van der Waals surface area contributed by atoms with E-state index in [1.165, 1.54) is 21.5 Å². The van der Waals surface area contributed by atoms with Gasteiger partial charge in [0.05, 0.1) is 0 Å². The Bertz CT molecular complexity index is 867. The summed E-state index contributed by atoms with van der Waals surface area (Å²) in [4.78, 5) is 0. The molecule has 3 aromatic carbocycles. The SMILES string of the molecule is O[B]O.c1ccc2c(c1)ccc1c3ccccc3oc21. The van der Waals surface area contributed by atoms with Gasteiger partial charge in [0.1, 0.15) is 11.2 Å². The van der Waals surface area contributed by atoms with Gasteiger partial charge in [-0.25, -0.2) is 0 Å². The van der Waals surface area contributed by atoms with Crippen molar-refractivity contribution in [1.29, 1.82) is 0 Å². The van der Waals surface area contributed by atoms with Crippen molar-refractivity contribution < 1.29 is 14.5 Å². The van der Waals surface area contributed by atoms with Crippen LogP contribution >= 0.6 is 0 Å². The van der Waals surface area contributed by atoms with Crippen LogP contribution < -0.4 is 0 Å². The molecule has 1 radical (unpaired) electrons. The van der Waals surface area contributed by atoms with E-state index in [1.54, 1.807) is 0 Å². The Hall–Kier alpha value is -2.30. The van der Waals surface area contributed by atoms with Gasteiger partial charge in [-0.1, -0.05) is 48.5 Å². The fourth-order valence-corrected chi connectivity index (χ4v) is 2.45. The summed E-state index contributed by atoms with van der Waals surface area (Å²) in [5, 5.41) is 18.8. The normalized spacial score (nSPS) is 10.5. The van der Waals surface area contributed by atoms with Crippen molar-refractivity contribution in [3.05, 3.63) is 60.7 Å². The molecule has 4 rings (SSSR count). The van der Waals surface area contributed by atoms with Crippen LogP contribution in [0.2, 0.25) is 0 Å². The molecule has 0 aliphatic heterocycles. The molecule has 0 aliphatic rings. The lowest BCUT2D eigenvalue weighted by atomic mass is 10.1. The molecule has 2 N–H and O–H groups in total. The first kappa shape index (κ1) is 12.7. The lowest BCUT2D eigenvalue weighted by Gasteiger charge is -1.97. The van der Waals surface area contributed by atoms with Gasteiger partial charge in [-0.2, -0.15) is 0 Å². The third-order valence-corrected chi connectivity index (χ3v) is 3.27. The predicted molar refractivity (Wildman–Crippen MR) is 81.4 cm³/mol. The third kappa shape index (κ3) is 2.05. The molecule has 97 valence electrons. The molecule has 1 heterocycles. The highest BCUT2D eigenvalue weighted by atomic mass is 16.4. The molecule has 4 heteroatoms. The Morgan fingerprint density at radius 1 is 0.700 bits per heavy atom. The lowest BCUT2D eigenvalue weighted by molar-refractivity contribution is 0.448. The first-order valence-electron chi connectivity index (χ1n) is 6.24. The Kier molecular flexibility index (Phi) is 3.42. The van der Waals surface area contributed by atoms with Crippen LogP contribution in [0.5, 0.6) is 0 Å². The minimum atomic E-state index is 0. The zero-order valence-electron chi connectivity index (χ0n) is 10.7. The van der Waals surface area contributed by atoms with Crippen molar-refractivity contribution >= 4 is 40.4 Å². The highest BCUT2D eigenvalue weighted by Crippen LogP contribution is 2.33. The quantitative estimate of drug-likeness (QED) is 0.479. The summed E-state index contributed by atoms with van der Waals surface area (Å²) >= 11 is 0. The largest absolute Gasteiger partial charge is 0.482 e. The summed E-state index contributed by atoms with van der Waals surface area (Å²) in [6.07, 6.45) is 0. The molecule has 0 amide bonds. The number of fused-ring (bicyclic) bond motifs is 5. The molecule has 0 atom stereocenters. The second-order valence-electron chi connectivity index (χ2n) is 4.38. The van der Waals surface area contributed by atoms with Gasteiger partial charge in [0, 0.05) is 16.2 Å². The van der Waals surface area contributed by atoms with Crippen LogP contribution in [0.25, 0.3) is 32.7 Å². The van der Waals surface area contributed by atoms with Crippen LogP contribution in [0, 0.1) is 0 Å². The van der Waals surface area contributed by atoms with Crippen molar-refractivity contribution in [2.75, 3.05) is 0 Å². The van der Waals surface area contributed by atoms with E-state index in [0.717, 1.165) is 11.2 Å². The van der Waals surface area contributed by atoms with Gasteiger partial charge < -0.3 is 14.5 Å². The first-order chi connectivity index (χ1) is 9.85. The molecule has 3 nitrogen and oxygen atoms in total. The van der Waals surface area contributed by atoms with Crippen LogP contribution in [0.4, 0.5) is 0 Å². The number of hydrogen-bond donors (Lipinski definition) is 2. The molecule has 20 heavy (non-hydrogen) atoms. The van der Waals surface area contributed by atoms with E-state index in [9.17, 15) is 0 Å². The Morgan fingerprint density at radius 3 is 2.15 bits per heavy atom. The summed E-state index contributed by atoms with van der Waals surface area (Å²) in [6, 6.07) is 20.8. The molecule has 4 aromatic rings. The Morgan fingerprint density at radius 2 is 1.35 bits per heavy atom. The van der Waals surface area contributed by atoms with Crippen molar-refractivity contribution in [3.8, 4) is 0 Å². The molecular weight excluding hydrogens is 251 g/mol. The number of benzene rings is 3. The maximum Gasteiger partial charge on any atom is 0.482 e. The molecule has 0 fully saturated rings. The Labute approximate surface area is 116 Å². The molecule has 0 bridgehead atoms. The first-order valence-corrected chi connectivity index (χ1v) is 6.24. The van der Waals surface area contributed by atoms with E-state index in [-0.39, 0.29) is 7.69 Å². The van der Waals surface area contributed by atoms with Crippen LogP contribution in [-0.4, -0.2) is 17.7 Å². The molecular formula is C16H12BO3. The summed E-state index contributed by atoms with van der Waals surface area (Å²) in [7, 11) is 0. The van der Waals surface area contributed by atoms with E-state index < -0.39 is 0 Å². The number of para-hydroxylation sites is 1. The standard InChI is InChI=1S/C16H10O.BH2O2/c1-2-6-12-11(5-1)9-10-14-13-7-3-4-8-15(13)17-16(12)14;2-1-3/h1-10H;2-3H. The van der Waals surface area contributed by atoms with E-state index in [1.807, 2.05) is 18.2 Å². The van der Waals surface area contributed by atoms with Gasteiger partial charge in [0.2, 0.25) is 0 Å². The van der Waals surface area contributed by atoms with Crippen molar-refractivity contribution in [2.24, 2.45) is 0 Å². The highest BCUT2D eigenvalue weighted by Gasteiger charge is 2.08. The third-order valence-electron chi connectivity index (χ3n) is 3.27. The second-order valence-corrected chi connectivity index (χ2v) is 4.38. The van der Waals surface area contributed by atoms with Gasteiger partial charge in [-0.15, -0.1) is 0 Å². The van der Waals surface area contributed by atoms with Gasteiger partial charge in [-0.3, -0.25) is 0 Å². The van der Waals surface area contributed by atoms with Gasteiger partial charge in [0.25, 0.3) is 0 Å². The van der Waals surface area contributed by atoms with Gasteiger partial charge in [0.15, 0.2) is 0 Å². The zero-order valence-corrected chi connectivity index (χ0v) is 10.7. The maximum absolute atomic E-state index is 7.00. The second kappa shape index (κ2) is 5.37.